The van der Waals surface area contributed by atoms with Crippen LogP contribution in [0.2, 0.25) is 0 Å². The van der Waals surface area contributed by atoms with Crippen LogP contribution < -0.4 is 16.8 Å². The summed E-state index contributed by atoms with van der Waals surface area (Å²) in [6.07, 6.45) is 5.55. The number of nitrogens with zero attached hydrogens (tertiary/aromatic N) is 3. The van der Waals surface area contributed by atoms with Crippen molar-refractivity contribution in [1.29, 1.82) is 0 Å². The van der Waals surface area contributed by atoms with Crippen molar-refractivity contribution in [3.8, 4) is 0 Å². The average molecular weight is 328 g/mol. The summed E-state index contributed by atoms with van der Waals surface area (Å²) in [6.45, 7) is 3.66. The first kappa shape index (κ1) is 15.5. The quantitative estimate of drug-likeness (QED) is 0.634. The molecule has 2 fully saturated rings. The number of rotatable bonds is 3. The van der Waals surface area contributed by atoms with Crippen LogP contribution in [-0.4, -0.2) is 49.0 Å². The van der Waals surface area contributed by atoms with Crippen LogP contribution in [0.1, 0.15) is 26.2 Å². The lowest BCUT2D eigenvalue weighted by atomic mass is 9.77. The van der Waals surface area contributed by atoms with E-state index in [0.29, 0.717) is 31.5 Å². The number of nitrogens with one attached hydrogen (secondary N) is 1. The first-order valence-electron chi connectivity index (χ1n) is 8.69. The standard InChI is InChI=1S/C17H24N6O/c1-9-2-3-11-7-17(11)6-10(14(18)23-13(9)17)8-22-16(24)12-15(19)21-5-4-20-12/h6,9,11,14H,2-5,7-8,18H2,1H3,(H2,19,21)(H,22,24). The van der Waals surface area contributed by atoms with E-state index in [4.69, 9.17) is 16.5 Å². The summed E-state index contributed by atoms with van der Waals surface area (Å²) in [5, 5.41) is 2.88. The summed E-state index contributed by atoms with van der Waals surface area (Å²) >= 11 is 0. The lowest BCUT2D eigenvalue weighted by Gasteiger charge is -2.33. The molecule has 7 heteroatoms. The van der Waals surface area contributed by atoms with E-state index in [9.17, 15) is 4.79 Å². The Labute approximate surface area is 141 Å². The second-order valence-electron chi connectivity index (χ2n) is 7.28. The molecule has 4 unspecified atom stereocenters. The fourth-order valence-electron chi connectivity index (χ4n) is 4.31. The van der Waals surface area contributed by atoms with Gasteiger partial charge in [0, 0.05) is 17.7 Å². The highest BCUT2D eigenvalue weighted by Gasteiger charge is 2.60. The van der Waals surface area contributed by atoms with Crippen LogP contribution in [0.15, 0.2) is 26.6 Å². The Hall–Kier alpha value is -2.02. The molecule has 0 radical (unpaired) electrons. The van der Waals surface area contributed by atoms with Crippen molar-refractivity contribution in [2.24, 2.45) is 43.7 Å². The van der Waals surface area contributed by atoms with E-state index in [1.54, 1.807) is 0 Å². The van der Waals surface area contributed by atoms with Crippen LogP contribution in [0.4, 0.5) is 0 Å². The molecule has 2 aliphatic heterocycles. The largest absolute Gasteiger partial charge is 0.382 e. The third-order valence-electron chi connectivity index (χ3n) is 5.71. The normalized spacial score (nSPS) is 37.2. The lowest BCUT2D eigenvalue weighted by molar-refractivity contribution is -0.114. The summed E-state index contributed by atoms with van der Waals surface area (Å²) in [7, 11) is 0. The molecule has 0 aromatic rings. The van der Waals surface area contributed by atoms with E-state index in [2.05, 4.69) is 28.3 Å². The maximum atomic E-state index is 12.3. The van der Waals surface area contributed by atoms with Crippen LogP contribution in [-0.2, 0) is 4.79 Å². The lowest BCUT2D eigenvalue weighted by Crippen LogP contribution is -2.44. The molecule has 24 heavy (non-hydrogen) atoms. The zero-order valence-corrected chi connectivity index (χ0v) is 14.0. The van der Waals surface area contributed by atoms with Crippen LogP contribution in [0.3, 0.4) is 0 Å². The Morgan fingerprint density at radius 2 is 2.17 bits per heavy atom. The molecular formula is C17H24N6O. The van der Waals surface area contributed by atoms with Gasteiger partial charge in [0.1, 0.15) is 12.0 Å². The smallest absolute Gasteiger partial charge is 0.273 e. The monoisotopic (exact) mass is 328 g/mol. The molecule has 128 valence electrons. The molecule has 0 aromatic carbocycles. The maximum absolute atomic E-state index is 12.3. The second kappa shape index (κ2) is 5.51. The SMILES string of the molecule is CC1CCC2CC23C=C(CNC(=O)C2=NCCN=C2N)C(N)N=C13. The molecular weight excluding hydrogens is 304 g/mol. The molecule has 4 rings (SSSR count). The van der Waals surface area contributed by atoms with E-state index >= 15 is 0 Å². The third-order valence-corrected chi connectivity index (χ3v) is 5.71. The number of aliphatic imine (C=N–C) groups is 3. The molecule has 0 saturated heterocycles. The highest BCUT2D eigenvalue weighted by molar-refractivity contribution is 6.66. The Kier molecular flexibility index (Phi) is 3.56. The summed E-state index contributed by atoms with van der Waals surface area (Å²) in [4.78, 5) is 25.3. The highest BCUT2D eigenvalue weighted by Crippen LogP contribution is 2.63. The molecule has 2 aliphatic carbocycles. The molecule has 0 aromatic heterocycles. The number of nitrogens with two attached hydrogens (primary N) is 2. The van der Waals surface area contributed by atoms with Gasteiger partial charge >= 0.3 is 0 Å². The topological polar surface area (TPSA) is 118 Å². The average Bonchev–Trinajstić information content (AvgIpc) is 3.28. The molecule has 2 heterocycles. The van der Waals surface area contributed by atoms with E-state index in [-0.39, 0.29) is 29.0 Å². The van der Waals surface area contributed by atoms with E-state index < -0.39 is 0 Å². The zero-order valence-electron chi connectivity index (χ0n) is 14.0. The number of amides is 1. The van der Waals surface area contributed by atoms with Gasteiger partial charge in [-0.1, -0.05) is 13.0 Å². The molecule has 1 amide bonds. The summed E-state index contributed by atoms with van der Waals surface area (Å²) < 4.78 is 0. The van der Waals surface area contributed by atoms with Crippen molar-refractivity contribution in [2.75, 3.05) is 19.6 Å². The van der Waals surface area contributed by atoms with Gasteiger partial charge in [-0.05, 0) is 36.7 Å². The van der Waals surface area contributed by atoms with Crippen LogP contribution in [0.5, 0.6) is 0 Å². The first-order valence-corrected chi connectivity index (χ1v) is 8.69. The molecule has 7 nitrogen and oxygen atoms in total. The van der Waals surface area contributed by atoms with Crippen molar-refractivity contribution < 1.29 is 4.79 Å². The first-order chi connectivity index (χ1) is 11.5. The van der Waals surface area contributed by atoms with Gasteiger partial charge in [-0.3, -0.25) is 19.8 Å². The Bertz CT molecular complexity index is 706. The number of allylic oxidation sites excluding steroid dienone is 1. The van der Waals surface area contributed by atoms with Crippen LogP contribution in [0.25, 0.3) is 0 Å². The highest BCUT2D eigenvalue weighted by atomic mass is 16.1. The Morgan fingerprint density at radius 1 is 1.38 bits per heavy atom. The fourth-order valence-corrected chi connectivity index (χ4v) is 4.31. The van der Waals surface area contributed by atoms with Gasteiger partial charge in [0.25, 0.3) is 5.91 Å². The van der Waals surface area contributed by atoms with Gasteiger partial charge in [0.05, 0.1) is 13.1 Å². The Balaban J connectivity index is 1.46. The van der Waals surface area contributed by atoms with Gasteiger partial charge in [0.2, 0.25) is 0 Å². The van der Waals surface area contributed by atoms with Crippen molar-refractivity contribution in [2.45, 2.75) is 32.4 Å². The predicted molar refractivity (Wildman–Crippen MR) is 94.2 cm³/mol. The number of hydrogen-bond donors (Lipinski definition) is 3. The summed E-state index contributed by atoms with van der Waals surface area (Å²) in [6, 6.07) is 0. The van der Waals surface area contributed by atoms with Crippen molar-refractivity contribution >= 4 is 23.2 Å². The maximum Gasteiger partial charge on any atom is 0.273 e. The molecule has 0 bridgehead atoms. The molecule has 1 spiro atoms. The molecule has 4 atom stereocenters. The fraction of sp³-hybridized carbons (Fsp3) is 0.647. The Morgan fingerprint density at radius 3 is 2.96 bits per heavy atom. The van der Waals surface area contributed by atoms with Crippen LogP contribution in [0, 0.1) is 17.3 Å². The molecule has 2 saturated carbocycles. The van der Waals surface area contributed by atoms with Gasteiger partial charge in [-0.2, -0.15) is 0 Å². The number of amidine groups is 1. The van der Waals surface area contributed by atoms with Gasteiger partial charge < -0.3 is 16.8 Å². The number of dihydropyridines is 1. The van der Waals surface area contributed by atoms with Gasteiger partial charge in [0.15, 0.2) is 5.71 Å². The molecule has 5 N–H and O–H groups in total. The van der Waals surface area contributed by atoms with Crippen molar-refractivity contribution in [1.82, 2.24) is 5.32 Å². The summed E-state index contributed by atoms with van der Waals surface area (Å²) in [5.41, 5.74) is 14.6. The number of carbonyl (C=O) groups excluding carboxylic acids is 1. The number of carbonyl (C=O) groups is 1. The minimum absolute atomic E-state index is 0.121. The zero-order chi connectivity index (χ0) is 16.9. The van der Waals surface area contributed by atoms with E-state index in [1.165, 1.54) is 25.0 Å². The van der Waals surface area contributed by atoms with Crippen molar-refractivity contribution in [3.63, 3.8) is 0 Å². The summed E-state index contributed by atoms with van der Waals surface area (Å²) in [5.74, 6) is 1.13. The minimum atomic E-state index is -0.368. The second-order valence-corrected chi connectivity index (χ2v) is 7.28. The van der Waals surface area contributed by atoms with Gasteiger partial charge in [-0.15, -0.1) is 0 Å². The van der Waals surface area contributed by atoms with E-state index in [1.807, 2.05) is 0 Å². The molecule has 4 aliphatic rings. The predicted octanol–water partition coefficient (Wildman–Crippen LogP) is 0.0164. The third kappa shape index (κ3) is 2.38. The minimum Gasteiger partial charge on any atom is -0.382 e. The number of hydrogen-bond acceptors (Lipinski definition) is 6. The van der Waals surface area contributed by atoms with Crippen molar-refractivity contribution in [3.05, 3.63) is 11.6 Å². The van der Waals surface area contributed by atoms with Crippen LogP contribution >= 0.6 is 0 Å². The van der Waals surface area contributed by atoms with Gasteiger partial charge in [-0.25, -0.2) is 0 Å². The van der Waals surface area contributed by atoms with E-state index in [0.717, 1.165) is 5.57 Å².